The lowest BCUT2D eigenvalue weighted by Gasteiger charge is -2.30. The molecule has 0 amide bonds. The Morgan fingerprint density at radius 1 is 1.05 bits per heavy atom. The Hall–Kier alpha value is -1.10. The van der Waals surface area contributed by atoms with Gasteiger partial charge in [-0.1, -0.05) is 20.3 Å². The van der Waals surface area contributed by atoms with Crippen molar-refractivity contribution in [2.75, 3.05) is 26.2 Å². The van der Waals surface area contributed by atoms with Crippen LogP contribution in [-0.4, -0.2) is 49.2 Å². The van der Waals surface area contributed by atoms with E-state index in [9.17, 15) is 9.59 Å². The van der Waals surface area contributed by atoms with Crippen LogP contribution in [0.15, 0.2) is 0 Å². The number of carbonyl (C=O) groups excluding carboxylic acids is 2. The van der Waals surface area contributed by atoms with Crippen LogP contribution in [0.1, 0.15) is 46.0 Å². The largest absolute Gasteiger partial charge is 0.462 e. The number of carbonyl (C=O) groups is 2. The zero-order valence-corrected chi connectivity index (χ0v) is 12.0. The van der Waals surface area contributed by atoms with Gasteiger partial charge in [0, 0.05) is 19.4 Å². The molecule has 1 saturated heterocycles. The summed E-state index contributed by atoms with van der Waals surface area (Å²) < 4.78 is 10.4. The highest BCUT2D eigenvalue weighted by atomic mass is 16.6. The SMILES string of the molecule is CCC(=O)OCC(CN1CCCCC1)OC(=O)CC. The standard InChI is InChI=1S/C14H25NO4/c1-3-13(16)18-11-12(19-14(17)4-2)10-15-8-6-5-7-9-15/h12H,3-11H2,1-2H3. The van der Waals surface area contributed by atoms with Gasteiger partial charge in [-0.15, -0.1) is 0 Å². The van der Waals surface area contributed by atoms with Crippen LogP contribution in [0.3, 0.4) is 0 Å². The highest BCUT2D eigenvalue weighted by molar-refractivity contribution is 5.70. The summed E-state index contributed by atoms with van der Waals surface area (Å²) in [5.41, 5.74) is 0. The molecule has 0 aromatic rings. The summed E-state index contributed by atoms with van der Waals surface area (Å²) in [6, 6.07) is 0. The fourth-order valence-electron chi connectivity index (χ4n) is 2.11. The molecule has 19 heavy (non-hydrogen) atoms. The first-order valence-corrected chi connectivity index (χ1v) is 7.23. The van der Waals surface area contributed by atoms with Crippen molar-refractivity contribution in [1.29, 1.82) is 0 Å². The van der Waals surface area contributed by atoms with Gasteiger partial charge in [-0.25, -0.2) is 0 Å². The number of hydrogen-bond donors (Lipinski definition) is 0. The molecule has 0 aromatic heterocycles. The molecule has 1 unspecified atom stereocenters. The highest BCUT2D eigenvalue weighted by Gasteiger charge is 2.20. The second kappa shape index (κ2) is 8.91. The van der Waals surface area contributed by atoms with Crippen molar-refractivity contribution in [3.63, 3.8) is 0 Å². The number of likely N-dealkylation sites (tertiary alicyclic amines) is 1. The van der Waals surface area contributed by atoms with E-state index < -0.39 is 0 Å². The number of ether oxygens (including phenoxy) is 2. The molecular formula is C14H25NO4. The number of rotatable bonds is 7. The summed E-state index contributed by atoms with van der Waals surface area (Å²) in [6.07, 6.45) is 3.98. The Balaban J connectivity index is 2.42. The zero-order chi connectivity index (χ0) is 14.1. The molecule has 5 nitrogen and oxygen atoms in total. The van der Waals surface area contributed by atoms with Crippen LogP contribution < -0.4 is 0 Å². The summed E-state index contributed by atoms with van der Waals surface area (Å²) in [5.74, 6) is -0.495. The van der Waals surface area contributed by atoms with Crippen molar-refractivity contribution >= 4 is 11.9 Å². The van der Waals surface area contributed by atoms with Gasteiger partial charge in [-0.2, -0.15) is 0 Å². The van der Waals surface area contributed by atoms with Crippen LogP contribution in [-0.2, 0) is 19.1 Å². The Morgan fingerprint density at radius 2 is 1.68 bits per heavy atom. The monoisotopic (exact) mass is 271 g/mol. The lowest BCUT2D eigenvalue weighted by atomic mass is 10.1. The lowest BCUT2D eigenvalue weighted by molar-refractivity contribution is -0.159. The van der Waals surface area contributed by atoms with Crippen molar-refractivity contribution in [2.24, 2.45) is 0 Å². The predicted octanol–water partition coefficient (Wildman–Crippen LogP) is 1.75. The molecule has 110 valence electrons. The molecule has 1 aliphatic heterocycles. The first-order chi connectivity index (χ1) is 9.15. The Morgan fingerprint density at radius 3 is 2.26 bits per heavy atom. The molecule has 1 aliphatic rings. The van der Waals surface area contributed by atoms with Gasteiger partial charge in [0.05, 0.1) is 0 Å². The Bertz CT molecular complexity index is 287. The molecule has 0 radical (unpaired) electrons. The maximum atomic E-state index is 11.4. The molecule has 0 aromatic carbocycles. The molecule has 0 saturated carbocycles. The number of nitrogens with zero attached hydrogens (tertiary/aromatic N) is 1. The van der Waals surface area contributed by atoms with Gasteiger partial charge in [-0.3, -0.25) is 14.5 Å². The van der Waals surface area contributed by atoms with E-state index >= 15 is 0 Å². The van der Waals surface area contributed by atoms with Crippen molar-refractivity contribution < 1.29 is 19.1 Å². The number of esters is 2. The van der Waals surface area contributed by atoms with Crippen molar-refractivity contribution in [2.45, 2.75) is 52.1 Å². The van der Waals surface area contributed by atoms with Crippen molar-refractivity contribution in [3.8, 4) is 0 Å². The van der Waals surface area contributed by atoms with Crippen LogP contribution in [0.25, 0.3) is 0 Å². The molecular weight excluding hydrogens is 246 g/mol. The van der Waals surface area contributed by atoms with E-state index in [1.807, 2.05) is 0 Å². The summed E-state index contributed by atoms with van der Waals surface area (Å²) >= 11 is 0. The topological polar surface area (TPSA) is 55.8 Å². The third-order valence-electron chi connectivity index (χ3n) is 3.22. The van der Waals surface area contributed by atoms with Gasteiger partial charge in [0.25, 0.3) is 0 Å². The fourth-order valence-corrected chi connectivity index (χ4v) is 2.11. The van der Waals surface area contributed by atoms with E-state index in [1.54, 1.807) is 13.8 Å². The van der Waals surface area contributed by atoms with Crippen LogP contribution in [0.4, 0.5) is 0 Å². The third kappa shape index (κ3) is 6.57. The van der Waals surface area contributed by atoms with E-state index in [-0.39, 0.29) is 24.6 Å². The van der Waals surface area contributed by atoms with Crippen LogP contribution in [0.2, 0.25) is 0 Å². The van der Waals surface area contributed by atoms with Crippen LogP contribution in [0.5, 0.6) is 0 Å². The van der Waals surface area contributed by atoms with Crippen LogP contribution in [0, 0.1) is 0 Å². The predicted molar refractivity (Wildman–Crippen MR) is 71.7 cm³/mol. The van der Waals surface area contributed by atoms with Gasteiger partial charge < -0.3 is 9.47 Å². The lowest BCUT2D eigenvalue weighted by Crippen LogP contribution is -2.40. The van der Waals surface area contributed by atoms with Gasteiger partial charge >= 0.3 is 11.9 Å². The third-order valence-corrected chi connectivity index (χ3v) is 3.22. The molecule has 0 spiro atoms. The van der Waals surface area contributed by atoms with E-state index in [0.29, 0.717) is 19.4 Å². The molecule has 1 fully saturated rings. The normalized spacial score (nSPS) is 17.8. The minimum atomic E-state index is -0.346. The quantitative estimate of drug-likeness (QED) is 0.660. The number of hydrogen-bond acceptors (Lipinski definition) is 5. The molecule has 1 atom stereocenters. The smallest absolute Gasteiger partial charge is 0.305 e. The van der Waals surface area contributed by atoms with Gasteiger partial charge in [0.1, 0.15) is 12.7 Å². The molecule has 0 bridgehead atoms. The minimum absolute atomic E-state index is 0.162. The Kier molecular flexibility index (Phi) is 7.48. The second-order valence-corrected chi connectivity index (χ2v) is 4.86. The first kappa shape index (κ1) is 16.0. The summed E-state index contributed by atoms with van der Waals surface area (Å²) in [5, 5.41) is 0. The van der Waals surface area contributed by atoms with E-state index in [2.05, 4.69) is 4.90 Å². The summed E-state index contributed by atoms with van der Waals surface area (Å²) in [7, 11) is 0. The Labute approximate surface area is 115 Å². The minimum Gasteiger partial charge on any atom is -0.462 e. The van der Waals surface area contributed by atoms with E-state index in [4.69, 9.17) is 9.47 Å². The van der Waals surface area contributed by atoms with E-state index in [1.165, 1.54) is 19.3 Å². The fraction of sp³-hybridized carbons (Fsp3) is 0.857. The van der Waals surface area contributed by atoms with Gasteiger partial charge in [0.15, 0.2) is 0 Å². The molecule has 1 rings (SSSR count). The summed E-state index contributed by atoms with van der Waals surface area (Å²) in [4.78, 5) is 24.9. The highest BCUT2D eigenvalue weighted by Crippen LogP contribution is 2.10. The average Bonchev–Trinajstić information content (AvgIpc) is 2.45. The first-order valence-electron chi connectivity index (χ1n) is 7.23. The summed E-state index contributed by atoms with van der Waals surface area (Å²) in [6.45, 7) is 6.39. The second-order valence-electron chi connectivity index (χ2n) is 4.86. The average molecular weight is 271 g/mol. The maximum Gasteiger partial charge on any atom is 0.305 e. The van der Waals surface area contributed by atoms with E-state index in [0.717, 1.165) is 13.1 Å². The molecule has 0 aliphatic carbocycles. The molecule has 1 heterocycles. The van der Waals surface area contributed by atoms with Gasteiger partial charge in [-0.05, 0) is 25.9 Å². The van der Waals surface area contributed by atoms with Crippen molar-refractivity contribution in [3.05, 3.63) is 0 Å². The van der Waals surface area contributed by atoms with Crippen LogP contribution >= 0.6 is 0 Å². The maximum absolute atomic E-state index is 11.4. The van der Waals surface area contributed by atoms with Crippen molar-refractivity contribution in [1.82, 2.24) is 4.90 Å². The molecule has 5 heteroatoms. The molecule has 0 N–H and O–H groups in total. The zero-order valence-electron chi connectivity index (χ0n) is 12.0. The number of piperidine rings is 1. The van der Waals surface area contributed by atoms with Gasteiger partial charge in [0.2, 0.25) is 0 Å².